The Morgan fingerprint density at radius 2 is 2.20 bits per heavy atom. The van der Waals surface area contributed by atoms with Gasteiger partial charge in [0.25, 0.3) is 0 Å². The Hall–Kier alpha value is -1.99. The molecule has 0 saturated heterocycles. The number of aryl methyl sites for hydroxylation is 1. The summed E-state index contributed by atoms with van der Waals surface area (Å²) in [6.45, 7) is 0.652. The molecule has 8 heteroatoms. The predicted octanol–water partition coefficient (Wildman–Crippen LogP) is 0.847. The smallest absolute Gasteiger partial charge is 0.225 e. The molecule has 0 atom stereocenters. The van der Waals surface area contributed by atoms with Crippen LogP contribution in [0.1, 0.15) is 6.42 Å². The lowest BCUT2D eigenvalue weighted by Crippen LogP contribution is -2.18. The topological polar surface area (TPSA) is 84.7 Å². The zero-order valence-corrected chi connectivity index (χ0v) is 12.1. The minimum atomic E-state index is -0.0254. The predicted molar refractivity (Wildman–Crippen MR) is 78.7 cm³/mol. The number of anilines is 1. The molecule has 2 N–H and O–H groups in total. The lowest BCUT2D eigenvalue weighted by Gasteiger charge is -2.06. The standard InChI is InChI=1S/C12H16N6O.ClH/c1-13-7-6-11(19)14-10-5-3-4-9(8-10)12-15-16-17-18(12)2;/h3-5,8,13H,6-7H2,1-2H3,(H,14,19);1H. The van der Waals surface area contributed by atoms with Gasteiger partial charge in [0, 0.05) is 31.3 Å². The molecule has 2 aromatic rings. The van der Waals surface area contributed by atoms with Gasteiger partial charge in [-0.15, -0.1) is 17.5 Å². The SMILES string of the molecule is CNCCC(=O)Nc1cccc(-c2nnnn2C)c1.Cl. The van der Waals surface area contributed by atoms with E-state index in [1.54, 1.807) is 11.7 Å². The maximum absolute atomic E-state index is 11.6. The number of rotatable bonds is 5. The van der Waals surface area contributed by atoms with Crippen molar-refractivity contribution < 1.29 is 4.79 Å². The number of carbonyl (C=O) groups is 1. The van der Waals surface area contributed by atoms with Crippen LogP contribution >= 0.6 is 12.4 Å². The van der Waals surface area contributed by atoms with Gasteiger partial charge in [0.1, 0.15) is 0 Å². The van der Waals surface area contributed by atoms with Gasteiger partial charge in [0.15, 0.2) is 5.82 Å². The monoisotopic (exact) mass is 296 g/mol. The number of nitrogens with one attached hydrogen (secondary N) is 2. The first-order valence-electron chi connectivity index (χ1n) is 5.98. The Morgan fingerprint density at radius 1 is 1.40 bits per heavy atom. The van der Waals surface area contributed by atoms with Crippen molar-refractivity contribution >= 4 is 24.0 Å². The average molecular weight is 297 g/mol. The third-order valence-corrected chi connectivity index (χ3v) is 2.63. The molecule has 0 radical (unpaired) electrons. The average Bonchev–Trinajstić information content (AvgIpc) is 2.83. The van der Waals surface area contributed by atoms with E-state index in [4.69, 9.17) is 0 Å². The van der Waals surface area contributed by atoms with Crippen LogP contribution in [0.3, 0.4) is 0 Å². The van der Waals surface area contributed by atoms with Crippen LogP contribution in [0.2, 0.25) is 0 Å². The van der Waals surface area contributed by atoms with Gasteiger partial charge in [0.05, 0.1) is 0 Å². The Bertz CT molecular complexity index is 571. The van der Waals surface area contributed by atoms with E-state index in [1.807, 2.05) is 31.3 Å². The maximum Gasteiger partial charge on any atom is 0.225 e. The van der Waals surface area contributed by atoms with Gasteiger partial charge >= 0.3 is 0 Å². The molecule has 0 unspecified atom stereocenters. The summed E-state index contributed by atoms with van der Waals surface area (Å²) in [5.74, 6) is 0.633. The summed E-state index contributed by atoms with van der Waals surface area (Å²) >= 11 is 0. The second-order valence-electron chi connectivity index (χ2n) is 4.11. The molecule has 108 valence electrons. The van der Waals surface area contributed by atoms with Gasteiger partial charge in [-0.3, -0.25) is 4.79 Å². The molecule has 0 aliphatic heterocycles. The first-order valence-corrected chi connectivity index (χ1v) is 5.98. The highest BCUT2D eigenvalue weighted by Gasteiger charge is 2.07. The van der Waals surface area contributed by atoms with E-state index in [9.17, 15) is 4.79 Å². The maximum atomic E-state index is 11.6. The molecule has 1 aromatic carbocycles. The molecule has 0 aliphatic carbocycles. The van der Waals surface area contributed by atoms with Crippen LogP contribution in [0.4, 0.5) is 5.69 Å². The normalized spacial score (nSPS) is 9.90. The lowest BCUT2D eigenvalue weighted by molar-refractivity contribution is -0.116. The van der Waals surface area contributed by atoms with E-state index in [-0.39, 0.29) is 18.3 Å². The molecule has 1 heterocycles. The largest absolute Gasteiger partial charge is 0.326 e. The number of hydrogen-bond donors (Lipinski definition) is 2. The van der Waals surface area contributed by atoms with Crippen molar-refractivity contribution in [3.05, 3.63) is 24.3 Å². The highest BCUT2D eigenvalue weighted by molar-refractivity contribution is 5.91. The minimum Gasteiger partial charge on any atom is -0.326 e. The van der Waals surface area contributed by atoms with Gasteiger partial charge in [-0.05, 0) is 29.6 Å². The summed E-state index contributed by atoms with van der Waals surface area (Å²) in [6, 6.07) is 7.44. The number of carbonyl (C=O) groups excluding carboxylic acids is 1. The quantitative estimate of drug-likeness (QED) is 0.854. The van der Waals surface area contributed by atoms with E-state index in [0.29, 0.717) is 18.8 Å². The molecule has 1 amide bonds. The molecule has 0 spiro atoms. The Labute approximate surface area is 123 Å². The third-order valence-electron chi connectivity index (χ3n) is 2.63. The Morgan fingerprint density at radius 3 is 2.85 bits per heavy atom. The molecule has 2 rings (SSSR count). The van der Waals surface area contributed by atoms with Crippen LogP contribution in [-0.4, -0.2) is 39.7 Å². The van der Waals surface area contributed by atoms with E-state index in [1.165, 1.54) is 0 Å². The molecular formula is C12H17ClN6O. The number of benzene rings is 1. The highest BCUT2D eigenvalue weighted by Crippen LogP contribution is 2.19. The Kier molecular flexibility index (Phi) is 6.08. The van der Waals surface area contributed by atoms with Crippen LogP contribution in [0, 0.1) is 0 Å². The van der Waals surface area contributed by atoms with Crippen molar-refractivity contribution in [1.29, 1.82) is 0 Å². The molecule has 0 fully saturated rings. The Balaban J connectivity index is 0.00000200. The van der Waals surface area contributed by atoms with Crippen molar-refractivity contribution in [3.63, 3.8) is 0 Å². The van der Waals surface area contributed by atoms with Crippen molar-refractivity contribution in [2.75, 3.05) is 18.9 Å². The van der Waals surface area contributed by atoms with Crippen LogP contribution in [-0.2, 0) is 11.8 Å². The van der Waals surface area contributed by atoms with Crippen molar-refractivity contribution in [3.8, 4) is 11.4 Å². The number of hydrogen-bond acceptors (Lipinski definition) is 5. The van der Waals surface area contributed by atoms with Gasteiger partial charge in [-0.2, -0.15) is 0 Å². The van der Waals surface area contributed by atoms with E-state index in [0.717, 1.165) is 11.3 Å². The van der Waals surface area contributed by atoms with E-state index < -0.39 is 0 Å². The zero-order chi connectivity index (χ0) is 13.7. The van der Waals surface area contributed by atoms with Gasteiger partial charge in [-0.1, -0.05) is 12.1 Å². The first kappa shape index (κ1) is 16.1. The fourth-order valence-electron chi connectivity index (χ4n) is 1.67. The van der Waals surface area contributed by atoms with Crippen LogP contribution in [0.5, 0.6) is 0 Å². The zero-order valence-electron chi connectivity index (χ0n) is 11.3. The second-order valence-corrected chi connectivity index (χ2v) is 4.11. The van der Waals surface area contributed by atoms with Crippen molar-refractivity contribution in [2.24, 2.45) is 7.05 Å². The molecule has 0 aliphatic rings. The van der Waals surface area contributed by atoms with Gasteiger partial charge < -0.3 is 10.6 Å². The highest BCUT2D eigenvalue weighted by atomic mass is 35.5. The molecule has 20 heavy (non-hydrogen) atoms. The molecule has 0 saturated carbocycles. The summed E-state index contributed by atoms with van der Waals surface area (Å²) in [6.07, 6.45) is 0.437. The van der Waals surface area contributed by atoms with Crippen molar-refractivity contribution in [2.45, 2.75) is 6.42 Å². The fraction of sp³-hybridized carbons (Fsp3) is 0.333. The summed E-state index contributed by atoms with van der Waals surface area (Å²) in [7, 11) is 3.59. The number of tetrazole rings is 1. The summed E-state index contributed by atoms with van der Waals surface area (Å²) in [5, 5.41) is 17.1. The first-order chi connectivity index (χ1) is 9.20. The molecule has 7 nitrogen and oxygen atoms in total. The summed E-state index contributed by atoms with van der Waals surface area (Å²) < 4.78 is 1.59. The number of halogens is 1. The van der Waals surface area contributed by atoms with Crippen molar-refractivity contribution in [1.82, 2.24) is 25.5 Å². The number of nitrogens with zero attached hydrogens (tertiary/aromatic N) is 4. The van der Waals surface area contributed by atoms with E-state index in [2.05, 4.69) is 26.2 Å². The molecule has 1 aromatic heterocycles. The van der Waals surface area contributed by atoms with Crippen LogP contribution in [0.15, 0.2) is 24.3 Å². The van der Waals surface area contributed by atoms with Crippen LogP contribution in [0.25, 0.3) is 11.4 Å². The summed E-state index contributed by atoms with van der Waals surface area (Å²) in [4.78, 5) is 11.6. The van der Waals surface area contributed by atoms with E-state index >= 15 is 0 Å². The third kappa shape index (κ3) is 4.01. The van der Waals surface area contributed by atoms with Gasteiger partial charge in [0.2, 0.25) is 5.91 Å². The fourth-order valence-corrected chi connectivity index (χ4v) is 1.67. The van der Waals surface area contributed by atoms with Crippen LogP contribution < -0.4 is 10.6 Å². The minimum absolute atomic E-state index is 0. The molecular weight excluding hydrogens is 280 g/mol. The van der Waals surface area contributed by atoms with Gasteiger partial charge in [-0.25, -0.2) is 4.68 Å². The number of aromatic nitrogens is 4. The number of amides is 1. The second kappa shape index (κ2) is 7.56. The summed E-state index contributed by atoms with van der Waals surface area (Å²) in [5.41, 5.74) is 1.60. The molecule has 0 bridgehead atoms. The lowest BCUT2D eigenvalue weighted by atomic mass is 10.2.